The normalized spacial score (nSPS) is 22.1. The van der Waals surface area contributed by atoms with Crippen molar-refractivity contribution in [3.63, 3.8) is 0 Å². The second-order valence-electron chi connectivity index (χ2n) is 4.47. The molecule has 0 amide bonds. The first-order valence-corrected chi connectivity index (χ1v) is 9.90. The van der Waals surface area contributed by atoms with Crippen LogP contribution in [0.15, 0.2) is 14.5 Å². The number of hydrogen-bond donors (Lipinski definition) is 2. The minimum absolute atomic E-state index is 0.0337. The molecular formula is C10H16N2O4S3. The van der Waals surface area contributed by atoms with Crippen LogP contribution in [-0.4, -0.2) is 29.1 Å². The van der Waals surface area contributed by atoms with E-state index in [1.807, 2.05) is 6.92 Å². The van der Waals surface area contributed by atoms with Crippen molar-refractivity contribution in [1.29, 1.82) is 0 Å². The van der Waals surface area contributed by atoms with E-state index in [1.165, 1.54) is 6.07 Å². The number of fused-ring (bicyclic) bond motifs is 1. The predicted octanol–water partition coefficient (Wildman–Crippen LogP) is 0.614. The van der Waals surface area contributed by atoms with Crippen molar-refractivity contribution in [3.8, 4) is 0 Å². The molecule has 0 fully saturated rings. The second-order valence-corrected chi connectivity index (χ2v) is 9.61. The van der Waals surface area contributed by atoms with Gasteiger partial charge in [0, 0.05) is 11.6 Å². The van der Waals surface area contributed by atoms with Gasteiger partial charge >= 0.3 is 0 Å². The Kier molecular flexibility index (Phi) is 4.03. The van der Waals surface area contributed by atoms with Gasteiger partial charge in [0.25, 0.3) is 0 Å². The fraction of sp³-hybridized carbons (Fsp3) is 0.600. The summed E-state index contributed by atoms with van der Waals surface area (Å²) in [7, 11) is -7.25. The Labute approximate surface area is 117 Å². The standard InChI is InChI=1S/C10H16N2O4S3/c1-2-4-12-8-3-5-18(13,14)10-7(8)6-9(17-10)19(11,15)16/h6,8,12H,2-5H2,1H3,(H2,11,15,16). The van der Waals surface area contributed by atoms with Crippen LogP contribution in [0.1, 0.15) is 31.4 Å². The molecule has 1 aliphatic rings. The highest BCUT2D eigenvalue weighted by Gasteiger charge is 2.34. The van der Waals surface area contributed by atoms with Gasteiger partial charge in [0.15, 0.2) is 9.84 Å². The Bertz CT molecular complexity index is 676. The van der Waals surface area contributed by atoms with Crippen molar-refractivity contribution < 1.29 is 16.8 Å². The predicted molar refractivity (Wildman–Crippen MR) is 73.4 cm³/mol. The Hall–Kier alpha value is -0.480. The van der Waals surface area contributed by atoms with Crippen LogP contribution in [0.3, 0.4) is 0 Å². The number of nitrogens with one attached hydrogen (secondary N) is 1. The van der Waals surface area contributed by atoms with Crippen molar-refractivity contribution >= 4 is 31.2 Å². The Morgan fingerprint density at radius 2 is 2.21 bits per heavy atom. The summed E-state index contributed by atoms with van der Waals surface area (Å²) in [5.74, 6) is 0.0337. The van der Waals surface area contributed by atoms with Gasteiger partial charge in [0.1, 0.15) is 8.42 Å². The van der Waals surface area contributed by atoms with E-state index in [-0.39, 0.29) is 20.2 Å². The summed E-state index contributed by atoms with van der Waals surface area (Å²) >= 11 is 0.745. The van der Waals surface area contributed by atoms with Gasteiger partial charge in [-0.2, -0.15) is 0 Å². The number of rotatable bonds is 4. The van der Waals surface area contributed by atoms with Gasteiger partial charge in [-0.25, -0.2) is 22.0 Å². The molecule has 0 bridgehead atoms. The molecule has 1 atom stereocenters. The monoisotopic (exact) mass is 324 g/mol. The third-order valence-electron chi connectivity index (χ3n) is 2.96. The Morgan fingerprint density at radius 3 is 2.79 bits per heavy atom. The van der Waals surface area contributed by atoms with E-state index in [2.05, 4.69) is 5.32 Å². The molecule has 2 heterocycles. The maximum atomic E-state index is 12.0. The average Bonchev–Trinajstić information content (AvgIpc) is 2.74. The number of hydrogen-bond acceptors (Lipinski definition) is 6. The Morgan fingerprint density at radius 1 is 1.53 bits per heavy atom. The van der Waals surface area contributed by atoms with E-state index in [9.17, 15) is 16.8 Å². The molecule has 19 heavy (non-hydrogen) atoms. The zero-order valence-electron chi connectivity index (χ0n) is 10.4. The van der Waals surface area contributed by atoms with Crippen molar-refractivity contribution in [1.82, 2.24) is 5.32 Å². The minimum Gasteiger partial charge on any atom is -0.310 e. The van der Waals surface area contributed by atoms with Crippen molar-refractivity contribution in [2.24, 2.45) is 5.14 Å². The minimum atomic E-state index is -3.86. The summed E-state index contributed by atoms with van der Waals surface area (Å²) in [6, 6.07) is 1.27. The lowest BCUT2D eigenvalue weighted by atomic mass is 10.1. The van der Waals surface area contributed by atoms with Gasteiger partial charge in [-0.15, -0.1) is 11.3 Å². The lowest BCUT2D eigenvalue weighted by molar-refractivity contribution is 0.495. The first-order chi connectivity index (χ1) is 8.75. The molecule has 0 saturated carbocycles. The van der Waals surface area contributed by atoms with Gasteiger partial charge in [-0.1, -0.05) is 6.92 Å². The molecule has 0 spiro atoms. The molecule has 1 aliphatic heterocycles. The summed E-state index contributed by atoms with van der Waals surface area (Å²) in [6.45, 7) is 2.77. The molecule has 1 aromatic rings. The maximum absolute atomic E-state index is 12.0. The third-order valence-corrected chi connectivity index (χ3v) is 7.91. The maximum Gasteiger partial charge on any atom is 0.247 e. The molecule has 0 aliphatic carbocycles. The summed E-state index contributed by atoms with van der Waals surface area (Å²) < 4.78 is 46.7. The van der Waals surface area contributed by atoms with E-state index in [0.717, 1.165) is 24.3 Å². The molecule has 0 saturated heterocycles. The smallest absolute Gasteiger partial charge is 0.247 e. The third kappa shape index (κ3) is 3.00. The molecule has 0 radical (unpaired) electrons. The van der Waals surface area contributed by atoms with Gasteiger partial charge < -0.3 is 5.32 Å². The first kappa shape index (κ1) is 14.9. The number of nitrogens with two attached hydrogens (primary N) is 1. The SMILES string of the molecule is CCCNC1CCS(=O)(=O)c2sc(S(N)(=O)=O)cc21. The van der Waals surface area contributed by atoms with Crippen molar-refractivity contribution in [3.05, 3.63) is 11.6 Å². The lowest BCUT2D eigenvalue weighted by Gasteiger charge is -2.23. The second kappa shape index (κ2) is 5.13. The van der Waals surface area contributed by atoms with Crippen LogP contribution in [0.25, 0.3) is 0 Å². The number of sulfonamides is 1. The topological polar surface area (TPSA) is 106 Å². The molecule has 3 N–H and O–H groups in total. The largest absolute Gasteiger partial charge is 0.310 e. The summed E-state index contributed by atoms with van der Waals surface area (Å²) in [5, 5.41) is 8.31. The number of thiophene rings is 1. The average molecular weight is 324 g/mol. The van der Waals surface area contributed by atoms with Gasteiger partial charge in [-0.05, 0) is 25.5 Å². The van der Waals surface area contributed by atoms with Crippen LogP contribution in [0.5, 0.6) is 0 Å². The van der Waals surface area contributed by atoms with E-state index >= 15 is 0 Å². The van der Waals surface area contributed by atoms with Crippen LogP contribution in [0.4, 0.5) is 0 Å². The quantitative estimate of drug-likeness (QED) is 0.844. The first-order valence-electron chi connectivity index (χ1n) is 5.88. The van der Waals surface area contributed by atoms with Crippen LogP contribution in [0, 0.1) is 0 Å². The molecular weight excluding hydrogens is 308 g/mol. The fourth-order valence-corrected chi connectivity index (χ4v) is 6.21. The van der Waals surface area contributed by atoms with Gasteiger partial charge in [0.05, 0.1) is 5.75 Å². The van der Waals surface area contributed by atoms with Gasteiger partial charge in [0.2, 0.25) is 10.0 Å². The van der Waals surface area contributed by atoms with E-state index < -0.39 is 19.9 Å². The summed E-state index contributed by atoms with van der Waals surface area (Å²) in [5.41, 5.74) is 0.536. The molecule has 2 rings (SSSR count). The molecule has 1 unspecified atom stereocenters. The van der Waals surface area contributed by atoms with Crippen molar-refractivity contribution in [2.45, 2.75) is 34.2 Å². The highest BCUT2D eigenvalue weighted by atomic mass is 32.3. The van der Waals surface area contributed by atoms with Gasteiger partial charge in [-0.3, -0.25) is 0 Å². The van der Waals surface area contributed by atoms with Crippen LogP contribution >= 0.6 is 11.3 Å². The zero-order chi connectivity index (χ0) is 14.3. The summed E-state index contributed by atoms with van der Waals surface area (Å²) in [4.78, 5) is 0. The van der Waals surface area contributed by atoms with E-state index in [1.54, 1.807) is 0 Å². The van der Waals surface area contributed by atoms with Crippen LogP contribution < -0.4 is 10.5 Å². The van der Waals surface area contributed by atoms with Crippen LogP contribution in [0.2, 0.25) is 0 Å². The molecule has 9 heteroatoms. The van der Waals surface area contributed by atoms with Crippen LogP contribution in [-0.2, 0) is 19.9 Å². The number of primary sulfonamides is 1. The highest BCUT2D eigenvalue weighted by molar-refractivity contribution is 7.95. The Balaban J connectivity index is 2.50. The lowest BCUT2D eigenvalue weighted by Crippen LogP contribution is -2.29. The molecule has 108 valence electrons. The highest BCUT2D eigenvalue weighted by Crippen LogP contribution is 2.39. The van der Waals surface area contributed by atoms with E-state index in [4.69, 9.17) is 5.14 Å². The van der Waals surface area contributed by atoms with E-state index in [0.29, 0.717) is 12.0 Å². The number of sulfone groups is 1. The zero-order valence-corrected chi connectivity index (χ0v) is 12.9. The fourth-order valence-electron chi connectivity index (χ4n) is 2.04. The molecule has 1 aromatic heterocycles. The molecule has 6 nitrogen and oxygen atoms in total. The summed E-state index contributed by atoms with van der Waals surface area (Å²) in [6.07, 6.45) is 1.38. The van der Waals surface area contributed by atoms with Crippen molar-refractivity contribution in [2.75, 3.05) is 12.3 Å². The molecule has 0 aromatic carbocycles.